The lowest BCUT2D eigenvalue weighted by molar-refractivity contribution is -0.385. The van der Waals surface area contributed by atoms with E-state index in [-0.39, 0.29) is 18.0 Å². The zero-order valence-corrected chi connectivity index (χ0v) is 13.5. The van der Waals surface area contributed by atoms with Gasteiger partial charge in [0.05, 0.1) is 17.7 Å². The Hall–Kier alpha value is -2.76. The fraction of sp³-hybridized carbons (Fsp3) is 0.294. The lowest BCUT2D eigenvalue weighted by atomic mass is 9.92. The molecule has 2 aromatic rings. The maximum Gasteiger partial charge on any atom is 0.285 e. The van der Waals surface area contributed by atoms with E-state index in [1.54, 1.807) is 0 Å². The van der Waals surface area contributed by atoms with Gasteiger partial charge in [0, 0.05) is 17.7 Å². The van der Waals surface area contributed by atoms with Crippen LogP contribution in [-0.4, -0.2) is 15.3 Å². The third-order valence-corrected chi connectivity index (χ3v) is 4.27. The van der Waals surface area contributed by atoms with Crippen LogP contribution in [0.3, 0.4) is 0 Å². The van der Waals surface area contributed by atoms with Gasteiger partial charge in [-0.1, -0.05) is 0 Å². The molecular weight excluding hydrogens is 296 g/mol. The minimum absolute atomic E-state index is 0.217. The van der Waals surface area contributed by atoms with Crippen LogP contribution in [0.1, 0.15) is 32.6 Å². The smallest absolute Gasteiger partial charge is 0.285 e. The minimum atomic E-state index is -0.591. The van der Waals surface area contributed by atoms with Crippen molar-refractivity contribution in [3.8, 4) is 0 Å². The van der Waals surface area contributed by atoms with Gasteiger partial charge in [0.15, 0.2) is 5.78 Å². The summed E-state index contributed by atoms with van der Waals surface area (Å²) in [6.45, 7) is 7.53. The summed E-state index contributed by atoms with van der Waals surface area (Å²) >= 11 is 0. The highest BCUT2D eigenvalue weighted by Gasteiger charge is 2.16. The van der Waals surface area contributed by atoms with Gasteiger partial charge < -0.3 is 4.57 Å². The van der Waals surface area contributed by atoms with E-state index >= 15 is 0 Å². The van der Waals surface area contributed by atoms with E-state index in [1.807, 2.05) is 33.8 Å². The van der Waals surface area contributed by atoms with Crippen molar-refractivity contribution in [1.82, 2.24) is 4.57 Å². The van der Waals surface area contributed by atoms with E-state index in [0.717, 1.165) is 45.2 Å². The van der Waals surface area contributed by atoms with Gasteiger partial charge in [-0.2, -0.15) is 0 Å². The van der Waals surface area contributed by atoms with Crippen molar-refractivity contribution < 1.29 is 9.72 Å². The summed E-state index contributed by atoms with van der Waals surface area (Å²) in [6.07, 6.45) is 1.10. The number of hydrogen-bond donors (Lipinski definition) is 0. The van der Waals surface area contributed by atoms with Crippen molar-refractivity contribution in [2.24, 2.45) is 0 Å². The Morgan fingerprint density at radius 3 is 2.39 bits per heavy atom. The van der Waals surface area contributed by atoms with E-state index in [4.69, 9.17) is 0 Å². The fourth-order valence-corrected chi connectivity index (χ4v) is 2.49. The molecule has 1 aromatic carbocycles. The van der Waals surface area contributed by atoms with Crippen molar-refractivity contribution in [2.45, 2.75) is 34.2 Å². The number of aryl methyl sites for hydroxylation is 1. The summed E-state index contributed by atoms with van der Waals surface area (Å²) in [6, 6.07) is 4.04. The first-order chi connectivity index (χ1) is 10.7. The second kappa shape index (κ2) is 6.16. The Morgan fingerprint density at radius 2 is 1.78 bits per heavy atom. The topological polar surface area (TPSA) is 82.2 Å². The first-order valence-corrected chi connectivity index (χ1v) is 7.18. The molecule has 0 aliphatic rings. The fourth-order valence-electron chi connectivity index (χ4n) is 2.49. The number of nitro groups is 1. The molecule has 0 radical (unpaired) electrons. The molecule has 0 N–H and O–H groups in total. The quantitative estimate of drug-likeness (QED) is 0.493. The number of benzene rings is 1. The number of carbonyl (C=O) groups is 1. The van der Waals surface area contributed by atoms with Crippen molar-refractivity contribution >= 4 is 11.5 Å². The molecule has 6 heteroatoms. The molecular formula is C17H18N2O4. The first kappa shape index (κ1) is 16.6. The molecule has 0 aliphatic heterocycles. The number of Topliss-reactive ketones (excluding diaryl/α,β-unsaturated/α-hetero) is 1. The van der Waals surface area contributed by atoms with E-state index < -0.39 is 10.5 Å². The normalized spacial score (nSPS) is 10.6. The number of aromatic nitrogens is 1. The molecule has 1 heterocycles. The monoisotopic (exact) mass is 314 g/mol. The molecule has 0 saturated carbocycles. The Balaban J connectivity index is 2.43. The SMILES string of the molecule is Cc1cc(C(=O)Cn2cc([N+](=O)[O-])ccc2=O)c(C)c(C)c1C. The molecule has 2 rings (SSSR count). The van der Waals surface area contributed by atoms with Crippen molar-refractivity contribution in [2.75, 3.05) is 0 Å². The zero-order valence-electron chi connectivity index (χ0n) is 13.5. The predicted molar refractivity (Wildman–Crippen MR) is 87.1 cm³/mol. The van der Waals surface area contributed by atoms with Crippen LogP contribution in [0.5, 0.6) is 0 Å². The molecule has 6 nitrogen and oxygen atoms in total. The third kappa shape index (κ3) is 3.21. The van der Waals surface area contributed by atoms with E-state index in [2.05, 4.69) is 0 Å². The maximum atomic E-state index is 12.6. The average molecular weight is 314 g/mol. The first-order valence-electron chi connectivity index (χ1n) is 7.18. The third-order valence-electron chi connectivity index (χ3n) is 4.27. The zero-order chi connectivity index (χ0) is 17.3. The number of nitrogens with zero attached hydrogens (tertiary/aromatic N) is 2. The maximum absolute atomic E-state index is 12.6. The Labute approximate surface area is 133 Å². The van der Waals surface area contributed by atoms with Crippen LogP contribution in [0.4, 0.5) is 5.69 Å². The molecule has 0 saturated heterocycles. The van der Waals surface area contributed by atoms with Crippen molar-refractivity contribution in [3.05, 3.63) is 72.7 Å². The number of pyridine rings is 1. The van der Waals surface area contributed by atoms with Crippen LogP contribution in [0.2, 0.25) is 0 Å². The van der Waals surface area contributed by atoms with Gasteiger partial charge in [-0.25, -0.2) is 0 Å². The Morgan fingerprint density at radius 1 is 1.13 bits per heavy atom. The van der Waals surface area contributed by atoms with Crippen LogP contribution in [-0.2, 0) is 6.54 Å². The number of carbonyl (C=O) groups excluding carboxylic acids is 1. The van der Waals surface area contributed by atoms with Gasteiger partial charge in [0.2, 0.25) is 0 Å². The van der Waals surface area contributed by atoms with Crippen LogP contribution in [0.15, 0.2) is 29.2 Å². The molecule has 0 bridgehead atoms. The Bertz CT molecular complexity index is 866. The standard InChI is InChI=1S/C17H18N2O4/c1-10-7-15(13(4)12(3)11(10)2)16(20)9-18-8-14(19(22)23)5-6-17(18)21/h5-8H,9H2,1-4H3. The predicted octanol–water partition coefficient (Wildman–Crippen LogP) is 2.87. The van der Waals surface area contributed by atoms with Gasteiger partial charge in [-0.3, -0.25) is 19.7 Å². The number of ketones is 1. The molecule has 0 unspecified atom stereocenters. The van der Waals surface area contributed by atoms with Gasteiger partial charge in [0.25, 0.3) is 11.2 Å². The molecule has 23 heavy (non-hydrogen) atoms. The van der Waals surface area contributed by atoms with Gasteiger partial charge in [-0.15, -0.1) is 0 Å². The Kier molecular flexibility index (Phi) is 4.45. The van der Waals surface area contributed by atoms with Crippen LogP contribution in [0.25, 0.3) is 0 Å². The average Bonchev–Trinajstić information content (AvgIpc) is 2.50. The molecule has 0 fully saturated rings. The minimum Gasteiger partial charge on any atom is -0.301 e. The van der Waals surface area contributed by atoms with E-state index in [0.29, 0.717) is 5.56 Å². The summed E-state index contributed by atoms with van der Waals surface area (Å²) in [5.74, 6) is -0.240. The van der Waals surface area contributed by atoms with E-state index in [9.17, 15) is 19.7 Å². The highest BCUT2D eigenvalue weighted by atomic mass is 16.6. The van der Waals surface area contributed by atoms with Crippen LogP contribution >= 0.6 is 0 Å². The van der Waals surface area contributed by atoms with Crippen molar-refractivity contribution in [1.29, 1.82) is 0 Å². The molecule has 0 aliphatic carbocycles. The summed E-state index contributed by atoms with van der Waals surface area (Å²) < 4.78 is 1.07. The van der Waals surface area contributed by atoms with E-state index in [1.165, 1.54) is 0 Å². The second-order valence-electron chi connectivity index (χ2n) is 5.65. The molecule has 0 spiro atoms. The molecule has 1 aromatic heterocycles. The number of hydrogen-bond acceptors (Lipinski definition) is 4. The highest BCUT2D eigenvalue weighted by Crippen LogP contribution is 2.22. The number of rotatable bonds is 4. The molecule has 120 valence electrons. The molecule has 0 atom stereocenters. The lowest BCUT2D eigenvalue weighted by Gasteiger charge is -2.14. The van der Waals surface area contributed by atoms with Crippen LogP contribution in [0, 0.1) is 37.8 Å². The van der Waals surface area contributed by atoms with Gasteiger partial charge in [0.1, 0.15) is 0 Å². The largest absolute Gasteiger partial charge is 0.301 e. The highest BCUT2D eigenvalue weighted by molar-refractivity contribution is 5.98. The second-order valence-corrected chi connectivity index (χ2v) is 5.65. The summed E-state index contributed by atoms with van der Waals surface area (Å²) in [5.41, 5.74) is 3.93. The van der Waals surface area contributed by atoms with Gasteiger partial charge >= 0.3 is 0 Å². The van der Waals surface area contributed by atoms with Crippen molar-refractivity contribution in [3.63, 3.8) is 0 Å². The summed E-state index contributed by atoms with van der Waals surface area (Å²) in [4.78, 5) is 34.6. The molecule has 0 amide bonds. The summed E-state index contributed by atoms with van der Waals surface area (Å²) in [7, 11) is 0. The van der Waals surface area contributed by atoms with Gasteiger partial charge in [-0.05, 0) is 56.0 Å². The lowest BCUT2D eigenvalue weighted by Crippen LogP contribution is -2.24. The van der Waals surface area contributed by atoms with Crippen LogP contribution < -0.4 is 5.56 Å². The summed E-state index contributed by atoms with van der Waals surface area (Å²) in [5, 5.41) is 10.8.